The van der Waals surface area contributed by atoms with E-state index in [-0.39, 0.29) is 17.0 Å². The normalized spacial score (nSPS) is 28.1. The lowest BCUT2D eigenvalue weighted by Gasteiger charge is -2.38. The van der Waals surface area contributed by atoms with Crippen molar-refractivity contribution in [3.63, 3.8) is 0 Å². The first kappa shape index (κ1) is 21.7. The van der Waals surface area contributed by atoms with Gasteiger partial charge in [0.2, 0.25) is 0 Å². The summed E-state index contributed by atoms with van der Waals surface area (Å²) < 4.78 is 40.8. The number of benzene rings is 1. The average molecular weight is 441 g/mol. The van der Waals surface area contributed by atoms with E-state index in [0.717, 1.165) is 50.3 Å². The quantitative estimate of drug-likeness (QED) is 0.704. The molecular formula is C20H26F2N4O3S. The van der Waals surface area contributed by atoms with Crippen LogP contribution in [-0.4, -0.2) is 57.0 Å². The Morgan fingerprint density at radius 1 is 1.20 bits per heavy atom. The number of ether oxygens (including phenoxy) is 2. The second-order valence-corrected chi connectivity index (χ2v) is 8.71. The van der Waals surface area contributed by atoms with E-state index in [0.29, 0.717) is 13.0 Å². The van der Waals surface area contributed by atoms with Crippen LogP contribution in [-0.2, 0) is 22.6 Å². The molecule has 7 nitrogen and oxygen atoms in total. The van der Waals surface area contributed by atoms with Crippen molar-refractivity contribution in [1.82, 2.24) is 14.1 Å². The lowest BCUT2D eigenvalue weighted by atomic mass is 9.93. The molecular weight excluding hydrogens is 414 g/mol. The molecule has 3 aliphatic heterocycles. The van der Waals surface area contributed by atoms with Gasteiger partial charge in [-0.3, -0.25) is 4.90 Å². The Morgan fingerprint density at radius 2 is 1.97 bits per heavy atom. The fraction of sp³-hybridized carbons (Fsp3) is 0.550. The van der Waals surface area contributed by atoms with E-state index in [1.54, 1.807) is 11.9 Å². The molecule has 3 N–H and O–H groups in total. The van der Waals surface area contributed by atoms with Gasteiger partial charge < -0.3 is 20.3 Å². The monoisotopic (exact) mass is 440 g/mol. The molecule has 0 aliphatic carbocycles. The predicted molar refractivity (Wildman–Crippen MR) is 109 cm³/mol. The summed E-state index contributed by atoms with van der Waals surface area (Å²) in [5, 5.41) is 11.7. The molecule has 4 heterocycles. The third-order valence-electron chi connectivity index (χ3n) is 5.70. The van der Waals surface area contributed by atoms with Gasteiger partial charge in [0.05, 0.1) is 24.6 Å². The first-order valence-corrected chi connectivity index (χ1v) is 10.7. The van der Waals surface area contributed by atoms with Crippen molar-refractivity contribution in [3.05, 3.63) is 52.3 Å². The zero-order chi connectivity index (χ0) is 21.4. The third-order valence-corrected chi connectivity index (χ3v) is 6.76. The van der Waals surface area contributed by atoms with Crippen molar-refractivity contribution in [2.45, 2.75) is 50.1 Å². The van der Waals surface area contributed by atoms with E-state index in [1.165, 1.54) is 11.6 Å². The molecule has 1 aromatic heterocycles. The molecule has 10 heteroatoms. The molecule has 0 bridgehead atoms. The van der Waals surface area contributed by atoms with Gasteiger partial charge in [-0.25, -0.2) is 12.9 Å². The van der Waals surface area contributed by atoms with Gasteiger partial charge in [-0.15, -0.1) is 0 Å². The van der Waals surface area contributed by atoms with Crippen LogP contribution in [0.15, 0.2) is 18.2 Å². The van der Waals surface area contributed by atoms with Gasteiger partial charge >= 0.3 is 0 Å². The van der Waals surface area contributed by atoms with E-state index >= 15 is 0 Å². The Morgan fingerprint density at radius 3 is 2.63 bits per heavy atom. The number of aliphatic hydroxyl groups excluding tert-OH is 1. The zero-order valence-corrected chi connectivity index (χ0v) is 17.7. The van der Waals surface area contributed by atoms with E-state index in [2.05, 4.69) is 11.8 Å². The number of halogens is 2. The number of aliphatic hydroxyl groups is 1. The first-order valence-electron chi connectivity index (χ1n) is 9.86. The minimum Gasteiger partial charge on any atom is -0.400 e. The van der Waals surface area contributed by atoms with Crippen molar-refractivity contribution in [2.24, 2.45) is 5.73 Å². The topological polar surface area (TPSA) is 89.1 Å². The molecule has 2 aromatic rings. The molecule has 3 unspecified atom stereocenters. The Labute approximate surface area is 178 Å². The smallest absolute Gasteiger partial charge is 0.147 e. The van der Waals surface area contributed by atoms with Crippen LogP contribution in [0.5, 0.6) is 0 Å². The van der Waals surface area contributed by atoms with E-state index in [4.69, 9.17) is 25.4 Å². The maximum Gasteiger partial charge on any atom is 0.147 e. The van der Waals surface area contributed by atoms with Gasteiger partial charge in [-0.2, -0.15) is 5.10 Å². The largest absolute Gasteiger partial charge is 0.400 e. The molecule has 0 amide bonds. The summed E-state index contributed by atoms with van der Waals surface area (Å²) in [7, 11) is 1.00. The fourth-order valence-electron chi connectivity index (χ4n) is 4.08. The molecule has 0 radical (unpaired) electrons. The number of aromatic nitrogens is 2. The van der Waals surface area contributed by atoms with Gasteiger partial charge in [0.1, 0.15) is 23.2 Å². The second kappa shape index (κ2) is 8.89. The van der Waals surface area contributed by atoms with Gasteiger partial charge in [-0.05, 0) is 31.5 Å². The highest BCUT2D eigenvalue weighted by molar-refractivity contribution is 7.98. The van der Waals surface area contributed by atoms with Crippen molar-refractivity contribution >= 4 is 11.9 Å². The lowest BCUT2D eigenvalue weighted by Crippen LogP contribution is -2.47. The van der Waals surface area contributed by atoms with Crippen LogP contribution in [0.2, 0.25) is 0 Å². The minimum absolute atomic E-state index is 0.129. The summed E-state index contributed by atoms with van der Waals surface area (Å²) >= 11 is 1.61. The van der Waals surface area contributed by atoms with E-state index in [9.17, 15) is 8.78 Å². The molecule has 30 heavy (non-hydrogen) atoms. The van der Waals surface area contributed by atoms with E-state index < -0.39 is 23.8 Å². The molecule has 2 saturated heterocycles. The van der Waals surface area contributed by atoms with Crippen LogP contribution in [0.4, 0.5) is 8.78 Å². The summed E-state index contributed by atoms with van der Waals surface area (Å²) in [4.78, 5) is 2.31. The SMILES string of the molecule is CO.Cc1c2c(nn1SC1CO1)CN(C1CO[C@H](c3cc(F)ccc3F)C(N)C1)C2. The highest BCUT2D eigenvalue weighted by Crippen LogP contribution is 2.36. The standard InChI is InChI=1S/C19H22F2N4O2S.CH4O/c1-10-14-6-24(7-17(14)23-25(10)28-18-9-26-18)12-5-16(22)19(27-8-12)13-4-11(20)2-3-15(13)21;1-2/h2-4,12,16,18-19H,5-9,22H2,1H3;2H,1H3/t12?,16?,18?,19-;/m1./s1. The van der Waals surface area contributed by atoms with Gasteiger partial charge in [0.25, 0.3) is 0 Å². The Hall–Kier alpha value is -1.56. The van der Waals surface area contributed by atoms with E-state index in [1.807, 2.05) is 4.09 Å². The highest BCUT2D eigenvalue weighted by Gasteiger charge is 2.38. The first-order chi connectivity index (χ1) is 14.5. The summed E-state index contributed by atoms with van der Waals surface area (Å²) in [5.74, 6) is -0.968. The molecule has 0 spiro atoms. The Kier molecular flexibility index (Phi) is 6.42. The second-order valence-electron chi connectivity index (χ2n) is 7.63. The summed E-state index contributed by atoms with van der Waals surface area (Å²) in [6.07, 6.45) is 0.0343. The summed E-state index contributed by atoms with van der Waals surface area (Å²) in [6.45, 7) is 4.84. The number of hydrogen-bond acceptors (Lipinski definition) is 7. The van der Waals surface area contributed by atoms with Gasteiger partial charge in [0.15, 0.2) is 0 Å². The minimum atomic E-state index is -0.627. The molecule has 3 aliphatic rings. The summed E-state index contributed by atoms with van der Waals surface area (Å²) in [5.41, 5.74) is 10.2. The number of fused-ring (bicyclic) bond motifs is 1. The third kappa shape index (κ3) is 4.25. The van der Waals surface area contributed by atoms with Gasteiger partial charge in [-0.1, -0.05) is 0 Å². The maximum absolute atomic E-state index is 14.1. The van der Waals surface area contributed by atoms with Crippen molar-refractivity contribution in [1.29, 1.82) is 0 Å². The molecule has 4 atom stereocenters. The zero-order valence-electron chi connectivity index (χ0n) is 16.9. The number of epoxide rings is 1. The van der Waals surface area contributed by atoms with Crippen molar-refractivity contribution in [2.75, 3.05) is 20.3 Å². The van der Waals surface area contributed by atoms with Gasteiger partial charge in [0, 0.05) is 55.4 Å². The summed E-state index contributed by atoms with van der Waals surface area (Å²) in [6, 6.07) is 3.14. The lowest BCUT2D eigenvalue weighted by molar-refractivity contribution is -0.0533. The predicted octanol–water partition coefficient (Wildman–Crippen LogP) is 2.10. The van der Waals surface area contributed by atoms with Crippen LogP contribution in [0.3, 0.4) is 0 Å². The fourth-order valence-corrected chi connectivity index (χ4v) is 4.91. The van der Waals surface area contributed by atoms with Crippen molar-refractivity contribution in [3.8, 4) is 0 Å². The Balaban J connectivity index is 0.00000106. The molecule has 2 fully saturated rings. The van der Waals surface area contributed by atoms with Crippen LogP contribution in [0.25, 0.3) is 0 Å². The Bertz CT molecular complexity index is 908. The molecule has 1 aromatic carbocycles. The maximum atomic E-state index is 14.1. The number of nitrogens with two attached hydrogens (primary N) is 1. The van der Waals surface area contributed by atoms with Crippen LogP contribution in [0.1, 0.15) is 35.0 Å². The molecule has 5 rings (SSSR count). The highest BCUT2D eigenvalue weighted by atomic mass is 32.2. The molecule has 0 saturated carbocycles. The van der Waals surface area contributed by atoms with Crippen LogP contribution in [0, 0.1) is 18.6 Å². The number of rotatable bonds is 4. The van der Waals surface area contributed by atoms with Crippen LogP contribution < -0.4 is 5.73 Å². The molecule has 164 valence electrons. The number of nitrogens with zero attached hydrogens (tertiary/aromatic N) is 3. The number of hydrogen-bond donors (Lipinski definition) is 2. The van der Waals surface area contributed by atoms with Crippen molar-refractivity contribution < 1.29 is 23.4 Å². The van der Waals surface area contributed by atoms with Crippen LogP contribution >= 0.6 is 11.9 Å². The average Bonchev–Trinajstić information content (AvgIpc) is 3.39.